The number of anilines is 1. The van der Waals surface area contributed by atoms with Gasteiger partial charge >= 0.3 is 0 Å². The molecular formula is C29H27FN8. The Morgan fingerprint density at radius 2 is 1.79 bits per heavy atom. The Kier molecular flexibility index (Phi) is 6.05. The number of pyridine rings is 3. The Bertz CT molecular complexity index is 1770. The van der Waals surface area contributed by atoms with Gasteiger partial charge in [-0.3, -0.25) is 15.1 Å². The van der Waals surface area contributed by atoms with Gasteiger partial charge in [0.15, 0.2) is 5.65 Å². The zero-order valence-corrected chi connectivity index (χ0v) is 21.4. The summed E-state index contributed by atoms with van der Waals surface area (Å²) in [5.41, 5.74) is 8.56. The Hall–Kier alpha value is -4.63. The highest BCUT2D eigenvalue weighted by Crippen LogP contribution is 2.35. The van der Waals surface area contributed by atoms with E-state index in [1.165, 1.54) is 12.1 Å². The van der Waals surface area contributed by atoms with Crippen molar-refractivity contribution in [2.45, 2.75) is 6.92 Å². The maximum Gasteiger partial charge on any atom is 0.155 e. The number of hydrogen-bond donors (Lipinski definition) is 3. The van der Waals surface area contributed by atoms with Crippen LogP contribution in [-0.2, 0) is 0 Å². The van der Waals surface area contributed by atoms with E-state index in [0.29, 0.717) is 12.2 Å². The number of aryl methyl sites for hydroxylation is 1. The molecule has 38 heavy (non-hydrogen) atoms. The van der Waals surface area contributed by atoms with Crippen LogP contribution in [0.5, 0.6) is 0 Å². The molecule has 0 amide bonds. The zero-order chi connectivity index (χ0) is 26.2. The van der Waals surface area contributed by atoms with Crippen LogP contribution in [0.1, 0.15) is 5.56 Å². The first-order valence-corrected chi connectivity index (χ1v) is 12.4. The van der Waals surface area contributed by atoms with Crippen LogP contribution in [0, 0.1) is 12.7 Å². The zero-order valence-electron chi connectivity index (χ0n) is 21.4. The van der Waals surface area contributed by atoms with Crippen molar-refractivity contribution < 1.29 is 4.39 Å². The number of hydrogen-bond acceptors (Lipinski definition) is 6. The van der Waals surface area contributed by atoms with Gasteiger partial charge in [0.25, 0.3) is 0 Å². The van der Waals surface area contributed by atoms with Crippen LogP contribution >= 0.6 is 0 Å². The number of aromatic nitrogens is 6. The van der Waals surface area contributed by atoms with Crippen LogP contribution in [-0.4, -0.2) is 62.2 Å². The number of halogens is 1. The molecule has 0 fully saturated rings. The summed E-state index contributed by atoms with van der Waals surface area (Å²) in [7, 11) is 4.02. The second-order valence-corrected chi connectivity index (χ2v) is 9.67. The highest BCUT2D eigenvalue weighted by molar-refractivity contribution is 6.01. The monoisotopic (exact) mass is 506 g/mol. The van der Waals surface area contributed by atoms with E-state index in [1.54, 1.807) is 18.6 Å². The molecule has 0 aliphatic carbocycles. The number of rotatable bonds is 7. The molecule has 3 N–H and O–H groups in total. The molecule has 6 rings (SSSR count). The number of likely N-dealkylation sites (N-methyl/N-ethyl adjacent to an activating group) is 1. The summed E-state index contributed by atoms with van der Waals surface area (Å²) in [6.07, 6.45) is 9.00. The Labute approximate surface area is 219 Å². The van der Waals surface area contributed by atoms with Crippen molar-refractivity contribution >= 4 is 27.6 Å². The summed E-state index contributed by atoms with van der Waals surface area (Å²) in [4.78, 5) is 18.8. The highest BCUT2D eigenvalue weighted by atomic mass is 19.1. The third-order valence-electron chi connectivity index (χ3n) is 6.66. The smallest absolute Gasteiger partial charge is 0.155 e. The normalized spacial score (nSPS) is 11.6. The second-order valence-electron chi connectivity index (χ2n) is 9.67. The summed E-state index contributed by atoms with van der Waals surface area (Å²) in [6, 6.07) is 11.1. The molecule has 6 aromatic rings. The fraction of sp³-hybridized carbons (Fsp3) is 0.172. The molecule has 5 heterocycles. The van der Waals surface area contributed by atoms with Crippen LogP contribution in [0.2, 0.25) is 0 Å². The molecule has 1 aromatic carbocycles. The van der Waals surface area contributed by atoms with E-state index in [0.717, 1.165) is 67.7 Å². The molecule has 0 saturated heterocycles. The lowest BCUT2D eigenvalue weighted by Gasteiger charge is -2.13. The molecule has 0 unspecified atom stereocenters. The molecule has 8 nitrogen and oxygen atoms in total. The number of nitrogens with one attached hydrogen (secondary N) is 3. The fourth-order valence-electron chi connectivity index (χ4n) is 4.70. The average molecular weight is 507 g/mol. The van der Waals surface area contributed by atoms with Gasteiger partial charge in [0.2, 0.25) is 0 Å². The predicted molar refractivity (Wildman–Crippen MR) is 149 cm³/mol. The topological polar surface area (TPSA) is 98.4 Å². The van der Waals surface area contributed by atoms with Gasteiger partial charge < -0.3 is 15.2 Å². The Morgan fingerprint density at radius 3 is 2.63 bits per heavy atom. The molecule has 0 saturated carbocycles. The molecule has 0 spiro atoms. The van der Waals surface area contributed by atoms with Crippen molar-refractivity contribution in [3.63, 3.8) is 0 Å². The summed E-state index contributed by atoms with van der Waals surface area (Å²) in [6.45, 7) is 3.62. The molecule has 5 aromatic heterocycles. The summed E-state index contributed by atoms with van der Waals surface area (Å²) in [5.74, 6) is -0.301. The average Bonchev–Trinajstić information content (AvgIpc) is 3.52. The molecule has 0 aliphatic heterocycles. The minimum absolute atomic E-state index is 0.301. The lowest BCUT2D eigenvalue weighted by Crippen LogP contribution is -2.20. The SMILES string of the molecule is Cc1ccncc1-c1cnc2[nH]nc(-c3cc4c(-c5cc(F)cc(NCCN(C)C)c5)cncc4[nH]3)c2c1. The maximum atomic E-state index is 14.6. The van der Waals surface area contributed by atoms with Gasteiger partial charge in [-0.05, 0) is 68.5 Å². The minimum atomic E-state index is -0.301. The summed E-state index contributed by atoms with van der Waals surface area (Å²) < 4.78 is 14.6. The van der Waals surface area contributed by atoms with Gasteiger partial charge in [-0.2, -0.15) is 5.10 Å². The predicted octanol–water partition coefficient (Wildman–Crippen LogP) is 5.65. The van der Waals surface area contributed by atoms with E-state index in [2.05, 4.69) is 53.3 Å². The van der Waals surface area contributed by atoms with Crippen molar-refractivity contribution in [1.29, 1.82) is 0 Å². The number of fused-ring (bicyclic) bond motifs is 2. The minimum Gasteiger partial charge on any atom is -0.384 e. The molecule has 0 radical (unpaired) electrons. The second kappa shape index (κ2) is 9.68. The van der Waals surface area contributed by atoms with Gasteiger partial charge in [-0.15, -0.1) is 0 Å². The van der Waals surface area contributed by atoms with Crippen molar-refractivity contribution in [1.82, 2.24) is 35.0 Å². The van der Waals surface area contributed by atoms with Gasteiger partial charge in [0.05, 0.1) is 17.4 Å². The lowest BCUT2D eigenvalue weighted by atomic mass is 10.0. The van der Waals surface area contributed by atoms with Crippen molar-refractivity contribution in [3.8, 4) is 33.6 Å². The highest BCUT2D eigenvalue weighted by Gasteiger charge is 2.16. The summed E-state index contributed by atoms with van der Waals surface area (Å²) in [5, 5.41) is 12.7. The van der Waals surface area contributed by atoms with Crippen LogP contribution in [0.3, 0.4) is 0 Å². The van der Waals surface area contributed by atoms with E-state index in [1.807, 2.05) is 44.7 Å². The van der Waals surface area contributed by atoms with Gasteiger partial charge in [-0.25, -0.2) is 9.37 Å². The fourth-order valence-corrected chi connectivity index (χ4v) is 4.70. The largest absolute Gasteiger partial charge is 0.384 e. The first kappa shape index (κ1) is 23.7. The van der Waals surface area contributed by atoms with E-state index in [9.17, 15) is 4.39 Å². The Balaban J connectivity index is 1.41. The molecule has 0 aliphatic rings. The third-order valence-corrected chi connectivity index (χ3v) is 6.66. The maximum absolute atomic E-state index is 14.6. The standard InChI is InChI=1S/C29H27FN8/c1-17-4-5-31-14-24(17)19-10-23-28(36-37-29(23)34-13-19)26-12-22-25(15-32-16-27(22)35-26)18-8-20(30)11-21(9-18)33-6-7-38(2)3/h4-5,8-16,33,35H,6-7H2,1-3H3,(H,34,36,37). The third kappa shape index (κ3) is 4.48. The Morgan fingerprint density at radius 1 is 0.921 bits per heavy atom. The first-order valence-electron chi connectivity index (χ1n) is 12.4. The summed E-state index contributed by atoms with van der Waals surface area (Å²) >= 11 is 0. The number of H-pyrrole nitrogens is 2. The quantitative estimate of drug-likeness (QED) is 0.259. The number of benzene rings is 1. The van der Waals surface area contributed by atoms with E-state index < -0.39 is 0 Å². The van der Waals surface area contributed by atoms with Crippen molar-refractivity contribution in [3.05, 3.63) is 78.8 Å². The van der Waals surface area contributed by atoms with E-state index >= 15 is 0 Å². The van der Waals surface area contributed by atoms with Crippen LogP contribution in [0.4, 0.5) is 10.1 Å². The molecule has 0 bridgehead atoms. The van der Waals surface area contributed by atoms with Gasteiger partial charge in [0, 0.05) is 71.0 Å². The van der Waals surface area contributed by atoms with Crippen LogP contribution in [0.25, 0.3) is 55.6 Å². The van der Waals surface area contributed by atoms with Crippen LogP contribution < -0.4 is 5.32 Å². The molecule has 190 valence electrons. The van der Waals surface area contributed by atoms with E-state index in [4.69, 9.17) is 0 Å². The number of aromatic amines is 2. The van der Waals surface area contributed by atoms with Gasteiger partial charge in [-0.1, -0.05) is 0 Å². The lowest BCUT2D eigenvalue weighted by molar-refractivity contribution is 0.425. The van der Waals surface area contributed by atoms with Gasteiger partial charge in [0.1, 0.15) is 11.5 Å². The van der Waals surface area contributed by atoms with Crippen molar-refractivity contribution in [2.75, 3.05) is 32.5 Å². The number of nitrogens with zero attached hydrogens (tertiary/aromatic N) is 5. The molecule has 9 heteroatoms. The molecular weight excluding hydrogens is 479 g/mol. The molecule has 0 atom stereocenters. The van der Waals surface area contributed by atoms with E-state index in [-0.39, 0.29) is 5.82 Å². The van der Waals surface area contributed by atoms with Crippen molar-refractivity contribution in [2.24, 2.45) is 0 Å². The first-order chi connectivity index (χ1) is 18.5. The van der Waals surface area contributed by atoms with Crippen LogP contribution in [0.15, 0.2) is 67.4 Å².